The molecular formula is C11H24ClNO3. The molecule has 0 atom stereocenters. The summed E-state index contributed by atoms with van der Waals surface area (Å²) in [6.07, 6.45) is 0. The normalized spacial score (nSPS) is 9.38. The van der Waals surface area contributed by atoms with Crippen molar-refractivity contribution in [2.75, 3.05) is 48.5 Å². The van der Waals surface area contributed by atoms with Crippen LogP contribution in [0.25, 0.3) is 0 Å². The molecule has 5 heteroatoms. The van der Waals surface area contributed by atoms with Crippen LogP contribution in [0.3, 0.4) is 0 Å². The lowest BCUT2D eigenvalue weighted by molar-refractivity contribution is -0.870. The molecule has 0 heterocycles. The van der Waals surface area contributed by atoms with Gasteiger partial charge in [-0.2, -0.15) is 0 Å². The number of ether oxygens (including phenoxy) is 2. The Labute approximate surface area is 105 Å². The van der Waals surface area contributed by atoms with Crippen molar-refractivity contribution in [1.29, 1.82) is 0 Å². The quantitative estimate of drug-likeness (QED) is 0.333. The number of esters is 1. The van der Waals surface area contributed by atoms with Gasteiger partial charge in [0.2, 0.25) is 0 Å². The van der Waals surface area contributed by atoms with Crippen LogP contribution in [0.4, 0.5) is 0 Å². The second kappa shape index (κ2) is 10.9. The Bertz CT molecular complexity index is 200. The molecule has 0 aliphatic carbocycles. The van der Waals surface area contributed by atoms with E-state index >= 15 is 0 Å². The molecule has 0 rings (SSSR count). The predicted molar refractivity (Wildman–Crippen MR) is 61.6 cm³/mol. The van der Waals surface area contributed by atoms with Crippen molar-refractivity contribution in [2.24, 2.45) is 0 Å². The zero-order chi connectivity index (χ0) is 12.5. The third-order valence-electron chi connectivity index (χ3n) is 1.50. The van der Waals surface area contributed by atoms with E-state index < -0.39 is 0 Å². The van der Waals surface area contributed by atoms with Crippen molar-refractivity contribution in [3.05, 3.63) is 12.2 Å². The Kier molecular flexibility index (Phi) is 14.2. The van der Waals surface area contributed by atoms with Crippen LogP contribution in [-0.2, 0) is 14.3 Å². The largest absolute Gasteiger partial charge is 1.00 e. The van der Waals surface area contributed by atoms with Gasteiger partial charge in [0.1, 0.15) is 6.54 Å². The third-order valence-corrected chi connectivity index (χ3v) is 1.50. The van der Waals surface area contributed by atoms with E-state index in [2.05, 4.69) is 32.5 Å². The van der Waals surface area contributed by atoms with Gasteiger partial charge in [0.05, 0.1) is 34.9 Å². The van der Waals surface area contributed by atoms with Crippen LogP contribution in [0.1, 0.15) is 6.92 Å². The van der Waals surface area contributed by atoms with Gasteiger partial charge >= 0.3 is 5.97 Å². The van der Waals surface area contributed by atoms with Gasteiger partial charge in [-0.1, -0.05) is 6.58 Å². The van der Waals surface area contributed by atoms with Crippen LogP contribution < -0.4 is 12.4 Å². The number of rotatable bonds is 4. The number of hydrogen-bond donors (Lipinski definition) is 0. The lowest BCUT2D eigenvalue weighted by Crippen LogP contribution is -3.00. The monoisotopic (exact) mass is 253 g/mol. The number of likely N-dealkylation sites (N-methyl/N-ethyl adjacent to an activating group) is 1. The minimum atomic E-state index is -0.347. The Morgan fingerprint density at radius 2 is 1.69 bits per heavy atom. The molecule has 0 N–H and O–H groups in total. The fourth-order valence-electron chi connectivity index (χ4n) is 0.539. The SMILES string of the molecule is C=C(C)C(=O)OC.COCC[N+](C)(C)C.[Cl-]. The highest BCUT2D eigenvalue weighted by Gasteiger charge is 2.03. The number of hydrogen-bond acceptors (Lipinski definition) is 3. The zero-order valence-corrected chi connectivity index (χ0v) is 11.9. The van der Waals surface area contributed by atoms with Crippen LogP contribution in [0.2, 0.25) is 0 Å². The Hall–Kier alpha value is -0.580. The first-order chi connectivity index (χ1) is 6.74. The summed E-state index contributed by atoms with van der Waals surface area (Å²) in [7, 11) is 9.52. The lowest BCUT2D eigenvalue weighted by atomic mass is 10.4. The average Bonchev–Trinajstić information content (AvgIpc) is 2.13. The van der Waals surface area contributed by atoms with Crippen LogP contribution in [0.15, 0.2) is 12.2 Å². The van der Waals surface area contributed by atoms with Crippen LogP contribution in [0.5, 0.6) is 0 Å². The van der Waals surface area contributed by atoms with E-state index in [0.29, 0.717) is 5.57 Å². The van der Waals surface area contributed by atoms with E-state index in [1.54, 1.807) is 14.0 Å². The Morgan fingerprint density at radius 1 is 1.25 bits per heavy atom. The van der Waals surface area contributed by atoms with Crippen molar-refractivity contribution in [1.82, 2.24) is 0 Å². The molecule has 0 saturated carbocycles. The molecule has 0 aliphatic rings. The molecule has 0 aliphatic heterocycles. The molecule has 0 radical (unpaired) electrons. The maximum Gasteiger partial charge on any atom is 0.332 e. The van der Waals surface area contributed by atoms with Gasteiger partial charge in [-0.15, -0.1) is 0 Å². The molecule has 0 saturated heterocycles. The summed E-state index contributed by atoms with van der Waals surface area (Å²) in [5.41, 5.74) is 0.433. The zero-order valence-electron chi connectivity index (χ0n) is 11.2. The molecular weight excluding hydrogens is 230 g/mol. The molecule has 0 unspecified atom stereocenters. The second-order valence-electron chi connectivity index (χ2n) is 4.28. The number of carbonyl (C=O) groups excluding carboxylic acids is 1. The molecule has 0 fully saturated rings. The second-order valence-corrected chi connectivity index (χ2v) is 4.28. The first-order valence-electron chi connectivity index (χ1n) is 4.77. The Morgan fingerprint density at radius 3 is 1.75 bits per heavy atom. The Balaban J connectivity index is -0.000000200. The van der Waals surface area contributed by atoms with E-state index in [0.717, 1.165) is 17.6 Å². The van der Waals surface area contributed by atoms with Crippen molar-refractivity contribution in [2.45, 2.75) is 6.92 Å². The number of carbonyl (C=O) groups is 1. The van der Waals surface area contributed by atoms with Gasteiger partial charge in [-0.05, 0) is 6.92 Å². The van der Waals surface area contributed by atoms with Gasteiger partial charge in [-0.3, -0.25) is 0 Å². The summed E-state index contributed by atoms with van der Waals surface area (Å²) in [5, 5.41) is 0. The highest BCUT2D eigenvalue weighted by molar-refractivity contribution is 5.86. The molecule has 0 bridgehead atoms. The molecule has 98 valence electrons. The number of nitrogens with zero attached hydrogens (tertiary/aromatic N) is 1. The fraction of sp³-hybridized carbons (Fsp3) is 0.727. The summed E-state index contributed by atoms with van der Waals surface area (Å²) >= 11 is 0. The number of quaternary nitrogens is 1. The minimum absolute atomic E-state index is 0. The average molecular weight is 254 g/mol. The standard InChI is InChI=1S/C6H16NO.C5H8O2.ClH/c1-7(2,3)5-6-8-4;1-4(2)5(6)7-3;/h5-6H2,1-4H3;1H2,2-3H3;1H/q+1;;/p-1. The van der Waals surface area contributed by atoms with Crippen molar-refractivity contribution in [3.63, 3.8) is 0 Å². The van der Waals surface area contributed by atoms with Gasteiger partial charge in [0.15, 0.2) is 0 Å². The van der Waals surface area contributed by atoms with E-state index in [-0.39, 0.29) is 18.4 Å². The highest BCUT2D eigenvalue weighted by atomic mass is 35.5. The van der Waals surface area contributed by atoms with Gasteiger partial charge in [0.25, 0.3) is 0 Å². The van der Waals surface area contributed by atoms with Crippen molar-refractivity contribution in [3.8, 4) is 0 Å². The fourth-order valence-corrected chi connectivity index (χ4v) is 0.539. The van der Waals surface area contributed by atoms with Gasteiger partial charge < -0.3 is 26.4 Å². The highest BCUT2D eigenvalue weighted by Crippen LogP contribution is 1.87. The van der Waals surface area contributed by atoms with Crippen LogP contribution in [0, 0.1) is 0 Å². The third kappa shape index (κ3) is 19.1. The van der Waals surface area contributed by atoms with E-state index in [1.165, 1.54) is 7.11 Å². The van der Waals surface area contributed by atoms with E-state index in [4.69, 9.17) is 4.74 Å². The number of halogens is 1. The van der Waals surface area contributed by atoms with E-state index in [9.17, 15) is 4.79 Å². The van der Waals surface area contributed by atoms with Crippen molar-refractivity contribution < 1.29 is 31.2 Å². The van der Waals surface area contributed by atoms with Crippen molar-refractivity contribution >= 4 is 5.97 Å². The molecule has 0 aromatic rings. The molecule has 0 aromatic heterocycles. The summed E-state index contributed by atoms with van der Waals surface area (Å²) in [4.78, 5) is 10.2. The first kappa shape index (κ1) is 20.8. The van der Waals surface area contributed by atoms with Gasteiger partial charge in [0, 0.05) is 12.7 Å². The maximum absolute atomic E-state index is 10.2. The summed E-state index contributed by atoms with van der Waals surface area (Å²) in [5.74, 6) is -0.347. The molecule has 16 heavy (non-hydrogen) atoms. The summed E-state index contributed by atoms with van der Waals surface area (Å²) in [6, 6.07) is 0. The summed E-state index contributed by atoms with van der Waals surface area (Å²) in [6.45, 7) is 6.88. The van der Waals surface area contributed by atoms with Crippen LogP contribution in [-0.4, -0.2) is 59.0 Å². The predicted octanol–water partition coefficient (Wildman–Crippen LogP) is -1.92. The van der Waals surface area contributed by atoms with E-state index in [1.807, 2.05) is 0 Å². The minimum Gasteiger partial charge on any atom is -1.00 e. The molecule has 4 nitrogen and oxygen atoms in total. The van der Waals surface area contributed by atoms with Gasteiger partial charge in [-0.25, -0.2) is 4.79 Å². The number of methoxy groups -OCH3 is 2. The topological polar surface area (TPSA) is 35.5 Å². The van der Waals surface area contributed by atoms with Crippen LogP contribution >= 0.6 is 0 Å². The molecule has 0 aromatic carbocycles. The molecule has 0 amide bonds. The summed E-state index contributed by atoms with van der Waals surface area (Å²) < 4.78 is 10.2. The molecule has 0 spiro atoms. The smallest absolute Gasteiger partial charge is 0.332 e. The lowest BCUT2D eigenvalue weighted by Gasteiger charge is -2.22. The first-order valence-corrected chi connectivity index (χ1v) is 4.77. The maximum atomic E-state index is 10.2.